The molecule has 1 aromatic rings. The Hall–Kier alpha value is -1.50. The van der Waals surface area contributed by atoms with Crippen LogP contribution in [-0.2, 0) is 0 Å². The highest BCUT2D eigenvalue weighted by Gasteiger charge is 2.24. The van der Waals surface area contributed by atoms with E-state index in [1.165, 1.54) is 11.2 Å². The lowest BCUT2D eigenvalue weighted by Gasteiger charge is -2.23. The maximum atomic E-state index is 12.0. The Balaban J connectivity index is 2.89. The van der Waals surface area contributed by atoms with Crippen molar-refractivity contribution < 1.29 is 14.7 Å². The number of aromatic nitrogens is 2. The highest BCUT2D eigenvalue weighted by atomic mass is 32.2. The molecule has 0 radical (unpaired) electrons. The van der Waals surface area contributed by atoms with Crippen LogP contribution in [0.15, 0.2) is 6.33 Å². The number of thioether (sulfide) groups is 1. The van der Waals surface area contributed by atoms with Crippen molar-refractivity contribution in [3.05, 3.63) is 17.7 Å². The molecule has 6 nitrogen and oxygen atoms in total. The first-order chi connectivity index (χ1) is 7.99. The molecule has 0 bridgehead atoms. The molecule has 0 aliphatic rings. The number of aromatic amines is 1. The van der Waals surface area contributed by atoms with Crippen LogP contribution in [0.3, 0.4) is 0 Å². The number of carboxylic acids is 1. The lowest BCUT2D eigenvalue weighted by Crippen LogP contribution is -2.37. The predicted octanol–water partition coefficient (Wildman–Crippen LogP) is 0.931. The zero-order chi connectivity index (χ0) is 13.0. The van der Waals surface area contributed by atoms with E-state index in [0.717, 1.165) is 5.75 Å². The van der Waals surface area contributed by atoms with Gasteiger partial charge in [0.25, 0.3) is 5.91 Å². The maximum absolute atomic E-state index is 12.0. The average Bonchev–Trinajstić information content (AvgIpc) is 2.76. The summed E-state index contributed by atoms with van der Waals surface area (Å²) in [4.78, 5) is 30.6. The summed E-state index contributed by atoms with van der Waals surface area (Å²) in [6.45, 7) is 1.90. The van der Waals surface area contributed by atoms with Crippen LogP contribution in [0, 0.1) is 0 Å². The second-order valence-corrected chi connectivity index (χ2v) is 4.56. The van der Waals surface area contributed by atoms with Gasteiger partial charge < -0.3 is 15.0 Å². The molecule has 1 amide bonds. The van der Waals surface area contributed by atoms with Crippen LogP contribution in [0.1, 0.15) is 27.9 Å². The molecule has 0 aliphatic heterocycles. The van der Waals surface area contributed by atoms with Gasteiger partial charge in [0.1, 0.15) is 0 Å². The number of amides is 1. The van der Waals surface area contributed by atoms with E-state index < -0.39 is 5.97 Å². The van der Waals surface area contributed by atoms with Crippen LogP contribution in [0.4, 0.5) is 0 Å². The molecular weight excluding hydrogens is 242 g/mol. The van der Waals surface area contributed by atoms with Crippen LogP contribution in [0.2, 0.25) is 0 Å². The van der Waals surface area contributed by atoms with Gasteiger partial charge in [0.2, 0.25) is 0 Å². The van der Waals surface area contributed by atoms with Gasteiger partial charge in [-0.05, 0) is 13.2 Å². The molecule has 0 aliphatic carbocycles. The van der Waals surface area contributed by atoms with Gasteiger partial charge in [0.05, 0.1) is 6.33 Å². The van der Waals surface area contributed by atoms with Crippen LogP contribution in [0.5, 0.6) is 0 Å². The number of rotatable bonds is 5. The summed E-state index contributed by atoms with van der Waals surface area (Å²) in [5.41, 5.74) is -0.217. The van der Waals surface area contributed by atoms with Gasteiger partial charge in [-0.2, -0.15) is 11.8 Å². The summed E-state index contributed by atoms with van der Waals surface area (Å²) < 4.78 is 0. The summed E-state index contributed by atoms with van der Waals surface area (Å²) >= 11 is 1.62. The van der Waals surface area contributed by atoms with Crippen LogP contribution in [-0.4, -0.2) is 56.9 Å². The van der Waals surface area contributed by atoms with Gasteiger partial charge in [-0.1, -0.05) is 0 Å². The smallest absolute Gasteiger partial charge is 0.354 e. The highest BCUT2D eigenvalue weighted by Crippen LogP contribution is 2.10. The maximum Gasteiger partial charge on any atom is 0.354 e. The highest BCUT2D eigenvalue weighted by molar-refractivity contribution is 7.98. The Morgan fingerprint density at radius 3 is 2.82 bits per heavy atom. The molecule has 0 spiro atoms. The number of nitrogens with zero attached hydrogens (tertiary/aromatic N) is 2. The fourth-order valence-corrected chi connectivity index (χ4v) is 2.05. The van der Waals surface area contributed by atoms with E-state index in [0.29, 0.717) is 0 Å². The van der Waals surface area contributed by atoms with E-state index in [9.17, 15) is 9.59 Å². The minimum atomic E-state index is -1.18. The molecule has 1 unspecified atom stereocenters. The van der Waals surface area contributed by atoms with E-state index >= 15 is 0 Å². The molecule has 1 aromatic heterocycles. The SMILES string of the molecule is CSCC(C)N(C)C(=O)c1nc[nH]c1C(=O)O. The molecular formula is C10H15N3O3S. The average molecular weight is 257 g/mol. The van der Waals surface area contributed by atoms with Gasteiger partial charge in [-0.25, -0.2) is 9.78 Å². The molecule has 17 heavy (non-hydrogen) atoms. The summed E-state index contributed by atoms with van der Waals surface area (Å²) in [6, 6.07) is 0.0239. The Bertz CT molecular complexity index is 419. The number of aromatic carboxylic acids is 1. The van der Waals surface area contributed by atoms with Crippen LogP contribution >= 0.6 is 11.8 Å². The lowest BCUT2D eigenvalue weighted by molar-refractivity contribution is 0.0668. The van der Waals surface area contributed by atoms with E-state index in [4.69, 9.17) is 5.11 Å². The van der Waals surface area contributed by atoms with Crippen molar-refractivity contribution in [2.24, 2.45) is 0 Å². The Morgan fingerprint density at radius 1 is 1.65 bits per heavy atom. The number of hydrogen-bond donors (Lipinski definition) is 2. The summed E-state index contributed by atoms with van der Waals surface area (Å²) in [6.07, 6.45) is 3.16. The van der Waals surface area contributed by atoms with E-state index in [1.807, 2.05) is 13.2 Å². The standard InChI is InChI=1S/C10H15N3O3S/c1-6(4-17-3)13(2)9(14)7-8(10(15)16)12-5-11-7/h5-6H,4H2,1-3H3,(H,11,12)(H,15,16). The Morgan fingerprint density at radius 2 is 2.29 bits per heavy atom. The van der Waals surface area contributed by atoms with Gasteiger partial charge >= 0.3 is 5.97 Å². The van der Waals surface area contributed by atoms with Crippen LogP contribution in [0.25, 0.3) is 0 Å². The third-order valence-electron chi connectivity index (χ3n) is 2.45. The number of carbonyl (C=O) groups is 2. The summed E-state index contributed by atoms with van der Waals surface area (Å²) in [7, 11) is 1.64. The third kappa shape index (κ3) is 3.00. The number of hydrogen-bond acceptors (Lipinski definition) is 4. The lowest BCUT2D eigenvalue weighted by atomic mass is 10.2. The van der Waals surface area contributed by atoms with Gasteiger partial charge in [0, 0.05) is 18.8 Å². The van der Waals surface area contributed by atoms with Crippen molar-refractivity contribution in [3.63, 3.8) is 0 Å². The van der Waals surface area contributed by atoms with Gasteiger partial charge in [0.15, 0.2) is 11.4 Å². The molecule has 1 atom stereocenters. The zero-order valence-electron chi connectivity index (χ0n) is 9.93. The molecule has 94 valence electrons. The van der Waals surface area contributed by atoms with Crippen molar-refractivity contribution in [1.82, 2.24) is 14.9 Å². The number of nitrogens with one attached hydrogen (secondary N) is 1. The number of carboxylic acid groups (broad SMARTS) is 1. The second-order valence-electron chi connectivity index (χ2n) is 3.65. The largest absolute Gasteiger partial charge is 0.477 e. The quantitative estimate of drug-likeness (QED) is 0.819. The van der Waals surface area contributed by atoms with E-state index in [2.05, 4.69) is 9.97 Å². The van der Waals surface area contributed by atoms with Gasteiger partial charge in [-0.3, -0.25) is 4.79 Å². The molecule has 0 saturated carbocycles. The first-order valence-electron chi connectivity index (χ1n) is 5.01. The van der Waals surface area contributed by atoms with Crippen molar-refractivity contribution >= 4 is 23.6 Å². The first kappa shape index (κ1) is 13.6. The minimum Gasteiger partial charge on any atom is -0.477 e. The molecule has 1 rings (SSSR count). The predicted molar refractivity (Wildman–Crippen MR) is 65.5 cm³/mol. The van der Waals surface area contributed by atoms with Crippen molar-refractivity contribution in [1.29, 1.82) is 0 Å². The summed E-state index contributed by atoms with van der Waals surface area (Å²) in [5, 5.41) is 8.88. The van der Waals surface area contributed by atoms with Crippen molar-refractivity contribution in [2.45, 2.75) is 13.0 Å². The zero-order valence-corrected chi connectivity index (χ0v) is 10.7. The number of carbonyl (C=O) groups excluding carboxylic acids is 1. The normalized spacial score (nSPS) is 12.2. The molecule has 1 heterocycles. The topological polar surface area (TPSA) is 86.3 Å². The molecule has 0 saturated heterocycles. The van der Waals surface area contributed by atoms with Crippen molar-refractivity contribution in [3.8, 4) is 0 Å². The Kier molecular flexibility index (Phi) is 4.56. The second kappa shape index (κ2) is 5.72. The summed E-state index contributed by atoms with van der Waals surface area (Å²) in [5.74, 6) is -0.781. The van der Waals surface area contributed by atoms with E-state index in [-0.39, 0.29) is 23.3 Å². The first-order valence-corrected chi connectivity index (χ1v) is 6.41. The van der Waals surface area contributed by atoms with Gasteiger partial charge in [-0.15, -0.1) is 0 Å². The van der Waals surface area contributed by atoms with Crippen molar-refractivity contribution in [2.75, 3.05) is 19.1 Å². The molecule has 0 fully saturated rings. The molecule has 7 heteroatoms. The monoisotopic (exact) mass is 257 g/mol. The third-order valence-corrected chi connectivity index (χ3v) is 3.26. The molecule has 0 aromatic carbocycles. The van der Waals surface area contributed by atoms with E-state index in [1.54, 1.807) is 18.8 Å². The minimum absolute atomic E-state index is 0.0239. The number of H-pyrrole nitrogens is 1. The molecule has 2 N–H and O–H groups in total. The van der Waals surface area contributed by atoms with Crippen LogP contribution < -0.4 is 0 Å². The fourth-order valence-electron chi connectivity index (χ4n) is 1.34. The Labute approximate surface area is 103 Å². The number of imidazole rings is 1. The fraction of sp³-hybridized carbons (Fsp3) is 0.500.